The largest absolute Gasteiger partial charge is 0.395 e. The van der Waals surface area contributed by atoms with E-state index in [9.17, 15) is 20.4 Å². The lowest BCUT2D eigenvalue weighted by atomic mass is 9.47. The van der Waals surface area contributed by atoms with Crippen LogP contribution in [0.3, 0.4) is 0 Å². The zero-order chi connectivity index (χ0) is 20.6. The molecule has 0 aromatic rings. The highest BCUT2D eigenvalue weighted by atomic mass is 16.5. The molecule has 0 spiro atoms. The van der Waals surface area contributed by atoms with Gasteiger partial charge in [0.15, 0.2) is 0 Å². The van der Waals surface area contributed by atoms with Gasteiger partial charge >= 0.3 is 0 Å². The topological polar surface area (TPSA) is 93.4 Å². The van der Waals surface area contributed by atoms with Gasteiger partial charge in [-0.2, -0.15) is 0 Å². The maximum absolute atomic E-state index is 10.1. The molecule has 6 heteroatoms. The van der Waals surface area contributed by atoms with E-state index >= 15 is 0 Å². The quantitative estimate of drug-likeness (QED) is 0.429. The number of nitrogens with zero attached hydrogens (tertiary/aromatic N) is 1. The van der Waals surface area contributed by atoms with E-state index in [4.69, 9.17) is 4.74 Å². The number of hydrogen-bond donors (Lipinski definition) is 4. The Labute approximate surface area is 175 Å². The lowest BCUT2D eigenvalue weighted by Crippen LogP contribution is -2.62. The number of unbranched alkanes of at least 4 members (excludes halogenated alkanes) is 2. The summed E-state index contributed by atoms with van der Waals surface area (Å²) in [5.74, 6) is 3.77. The van der Waals surface area contributed by atoms with E-state index in [2.05, 4.69) is 6.92 Å². The number of ether oxygens (including phenoxy) is 1. The van der Waals surface area contributed by atoms with Crippen LogP contribution in [0, 0.1) is 29.1 Å². The Morgan fingerprint density at radius 1 is 0.966 bits per heavy atom. The van der Waals surface area contributed by atoms with Crippen LogP contribution in [0.1, 0.15) is 58.3 Å². The van der Waals surface area contributed by atoms with Crippen molar-refractivity contribution < 1.29 is 25.2 Å². The summed E-state index contributed by atoms with van der Waals surface area (Å²) in [6, 6.07) is -0.497. The Morgan fingerprint density at radius 3 is 2.38 bits per heavy atom. The van der Waals surface area contributed by atoms with Gasteiger partial charge in [0.05, 0.1) is 25.4 Å². The van der Waals surface area contributed by atoms with Crippen LogP contribution in [0.15, 0.2) is 0 Å². The highest BCUT2D eigenvalue weighted by Crippen LogP contribution is 2.62. The smallest absolute Gasteiger partial charge is 0.109 e. The van der Waals surface area contributed by atoms with E-state index in [-0.39, 0.29) is 6.61 Å². The van der Waals surface area contributed by atoms with Crippen LogP contribution < -0.4 is 0 Å². The van der Waals surface area contributed by atoms with Crippen LogP contribution in [-0.2, 0) is 4.74 Å². The number of likely N-dealkylation sites (tertiary alicyclic amines) is 1. The summed E-state index contributed by atoms with van der Waals surface area (Å²) in [6.07, 6.45) is 6.83. The maximum atomic E-state index is 10.1. The molecule has 5 aliphatic rings. The van der Waals surface area contributed by atoms with Gasteiger partial charge in [-0.25, -0.2) is 0 Å². The van der Waals surface area contributed by atoms with Crippen molar-refractivity contribution in [2.45, 2.75) is 82.6 Å². The van der Waals surface area contributed by atoms with Crippen molar-refractivity contribution in [3.05, 3.63) is 0 Å². The van der Waals surface area contributed by atoms with Gasteiger partial charge in [-0.15, -0.1) is 0 Å². The molecule has 4 aliphatic carbocycles. The highest BCUT2D eigenvalue weighted by molar-refractivity contribution is 5.03. The number of hydrogen-bond acceptors (Lipinski definition) is 6. The van der Waals surface area contributed by atoms with Crippen molar-refractivity contribution in [2.75, 3.05) is 32.9 Å². The van der Waals surface area contributed by atoms with E-state index in [0.29, 0.717) is 18.5 Å². The third kappa shape index (κ3) is 4.53. The minimum absolute atomic E-state index is 0.211. The fourth-order valence-corrected chi connectivity index (χ4v) is 7.24. The summed E-state index contributed by atoms with van der Waals surface area (Å²) >= 11 is 0. The van der Waals surface area contributed by atoms with Gasteiger partial charge in [-0.3, -0.25) is 4.90 Å². The van der Waals surface area contributed by atoms with Crippen LogP contribution in [-0.4, -0.2) is 82.6 Å². The summed E-state index contributed by atoms with van der Waals surface area (Å²) in [7, 11) is 0. The standard InChI is InChI=1S/C23H41NO5/c1-15-17-7-16-8-18(15)11-23(9-16,10-17)14-29-6-4-2-3-5-24-12-20(26)22(28)21(27)19(24)13-25/h15-22,25-28H,2-14H2,1H3/t15-,16?,17-,18?,19-,20+,21-,22-,23?/m1/s1. The molecule has 1 aliphatic heterocycles. The molecular weight excluding hydrogens is 370 g/mol. The molecule has 9 atom stereocenters. The van der Waals surface area contributed by atoms with Crippen molar-refractivity contribution in [1.29, 1.82) is 0 Å². The summed E-state index contributed by atoms with van der Waals surface area (Å²) < 4.78 is 6.17. The molecule has 5 rings (SSSR count). The van der Waals surface area contributed by atoms with Gasteiger partial charge in [0.2, 0.25) is 0 Å². The second kappa shape index (κ2) is 9.09. The molecule has 168 valence electrons. The zero-order valence-corrected chi connectivity index (χ0v) is 18.0. The predicted octanol–water partition coefficient (Wildman–Crippen LogP) is 1.39. The third-order valence-corrected chi connectivity index (χ3v) is 8.73. The molecule has 6 nitrogen and oxygen atoms in total. The normalized spacial score (nSPS) is 47.1. The number of rotatable bonds is 9. The second-order valence-corrected chi connectivity index (χ2v) is 10.7. The van der Waals surface area contributed by atoms with E-state index < -0.39 is 24.4 Å². The molecule has 0 aromatic heterocycles. The average Bonchev–Trinajstić information content (AvgIpc) is 2.69. The SMILES string of the molecule is C[C@H]1C2CC3C[C@@H]1CC(COCCCCCN1C[C@H](O)[C@@H](O)[C@H](O)[C@H]1CO)(C3)C2. The minimum Gasteiger partial charge on any atom is -0.395 e. The predicted molar refractivity (Wildman–Crippen MR) is 110 cm³/mol. The molecule has 4 bridgehead atoms. The summed E-state index contributed by atoms with van der Waals surface area (Å²) in [5, 5.41) is 39.2. The molecule has 1 saturated heterocycles. The van der Waals surface area contributed by atoms with E-state index in [1.807, 2.05) is 4.90 Å². The Bertz CT molecular complexity index is 529. The van der Waals surface area contributed by atoms with Crippen LogP contribution in [0.25, 0.3) is 0 Å². The number of aliphatic hydroxyl groups excluding tert-OH is 4. The van der Waals surface area contributed by atoms with Crippen LogP contribution >= 0.6 is 0 Å². The molecule has 0 aromatic carbocycles. The lowest BCUT2D eigenvalue weighted by molar-refractivity contribution is -0.145. The third-order valence-electron chi connectivity index (χ3n) is 8.73. The van der Waals surface area contributed by atoms with E-state index in [1.165, 1.54) is 32.1 Å². The average molecular weight is 412 g/mol. The number of β-amino-alcohol motifs (C(OH)–C–C–N with tert-alkyl or cyclic N) is 1. The molecule has 4 N–H and O–H groups in total. The van der Waals surface area contributed by atoms with Gasteiger partial charge in [0.25, 0.3) is 0 Å². The Balaban J connectivity index is 1.13. The first-order chi connectivity index (χ1) is 13.9. The van der Waals surface area contributed by atoms with Gasteiger partial charge < -0.3 is 25.2 Å². The molecule has 0 radical (unpaired) electrons. The Hall–Kier alpha value is -0.240. The maximum Gasteiger partial charge on any atom is 0.109 e. The molecular formula is C23H41NO5. The molecule has 0 amide bonds. The first-order valence-corrected chi connectivity index (χ1v) is 11.9. The fourth-order valence-electron chi connectivity index (χ4n) is 7.24. The van der Waals surface area contributed by atoms with Gasteiger partial charge in [-0.1, -0.05) is 6.92 Å². The number of piperidine rings is 1. The Morgan fingerprint density at radius 2 is 1.69 bits per heavy atom. The summed E-state index contributed by atoms with van der Waals surface area (Å²) in [4.78, 5) is 1.90. The molecule has 1 heterocycles. The summed E-state index contributed by atoms with van der Waals surface area (Å²) in [5.41, 5.74) is 0.471. The molecule has 29 heavy (non-hydrogen) atoms. The van der Waals surface area contributed by atoms with Crippen molar-refractivity contribution in [2.24, 2.45) is 29.1 Å². The lowest BCUT2D eigenvalue weighted by Gasteiger charge is -2.59. The Kier molecular flexibility index (Phi) is 6.89. The van der Waals surface area contributed by atoms with Crippen LogP contribution in [0.4, 0.5) is 0 Å². The van der Waals surface area contributed by atoms with E-state index in [1.54, 1.807) is 0 Å². The first kappa shape index (κ1) is 22.0. The first-order valence-electron chi connectivity index (χ1n) is 11.9. The van der Waals surface area contributed by atoms with Gasteiger partial charge in [0, 0.05) is 13.2 Å². The van der Waals surface area contributed by atoms with Crippen LogP contribution in [0.5, 0.6) is 0 Å². The second-order valence-electron chi connectivity index (χ2n) is 10.7. The molecule has 4 saturated carbocycles. The van der Waals surface area contributed by atoms with Crippen molar-refractivity contribution in [1.82, 2.24) is 4.90 Å². The van der Waals surface area contributed by atoms with Crippen LogP contribution in [0.2, 0.25) is 0 Å². The van der Waals surface area contributed by atoms with E-state index in [0.717, 1.165) is 56.1 Å². The molecule has 5 fully saturated rings. The highest BCUT2D eigenvalue weighted by Gasteiger charge is 2.53. The summed E-state index contributed by atoms with van der Waals surface area (Å²) in [6.45, 7) is 5.02. The monoisotopic (exact) mass is 411 g/mol. The van der Waals surface area contributed by atoms with Gasteiger partial charge in [0.1, 0.15) is 12.2 Å². The van der Waals surface area contributed by atoms with Crippen molar-refractivity contribution >= 4 is 0 Å². The zero-order valence-electron chi connectivity index (χ0n) is 18.0. The number of aliphatic hydroxyl groups is 4. The fraction of sp³-hybridized carbons (Fsp3) is 1.00. The van der Waals surface area contributed by atoms with Crippen molar-refractivity contribution in [3.8, 4) is 0 Å². The minimum atomic E-state index is -1.18. The van der Waals surface area contributed by atoms with Crippen molar-refractivity contribution in [3.63, 3.8) is 0 Å². The molecule has 3 unspecified atom stereocenters. The van der Waals surface area contributed by atoms with Gasteiger partial charge in [-0.05, 0) is 87.0 Å².